The zero-order valence-electron chi connectivity index (χ0n) is 38.1. The van der Waals surface area contributed by atoms with Crippen molar-refractivity contribution in [3.05, 3.63) is 0 Å². The number of phosphoric acid groups is 1. The number of nitrogens with zero attached hydrogens (tertiary/aromatic N) is 1. The molecule has 0 saturated heterocycles. The van der Waals surface area contributed by atoms with Crippen molar-refractivity contribution in [2.75, 3.05) is 54.1 Å². The van der Waals surface area contributed by atoms with Gasteiger partial charge in [0.15, 0.2) is 0 Å². The molecule has 2 unspecified atom stereocenters. The Labute approximate surface area is 348 Å². The van der Waals surface area contributed by atoms with Gasteiger partial charge in [-0.25, -0.2) is 0 Å². The summed E-state index contributed by atoms with van der Waals surface area (Å²) < 4.78 is 34.7. The molecule has 0 aromatic rings. The Morgan fingerprint density at radius 1 is 0.482 bits per heavy atom. The number of carbonyl (C=O) groups is 1. The van der Waals surface area contributed by atoms with Crippen molar-refractivity contribution >= 4 is 13.8 Å². The maximum atomic E-state index is 12.7. The summed E-state index contributed by atoms with van der Waals surface area (Å²) in [4.78, 5) is 25.0. The van der Waals surface area contributed by atoms with Crippen molar-refractivity contribution < 1.29 is 37.3 Å². The first kappa shape index (κ1) is 55.5. The molecule has 336 valence electrons. The molecule has 8 nitrogen and oxygen atoms in total. The Balaban J connectivity index is 4.04. The molecule has 0 heterocycles. The van der Waals surface area contributed by atoms with E-state index in [-0.39, 0.29) is 25.8 Å². The number of unbranched alkanes of at least 4 members (excludes halogenated alkanes) is 32. The molecule has 0 aliphatic rings. The molecule has 0 saturated carbocycles. The van der Waals surface area contributed by atoms with Gasteiger partial charge in [0.05, 0.1) is 34.4 Å². The number of esters is 1. The van der Waals surface area contributed by atoms with Crippen LogP contribution in [0.1, 0.15) is 239 Å². The summed E-state index contributed by atoms with van der Waals surface area (Å²) in [6.45, 7) is 5.47. The van der Waals surface area contributed by atoms with Crippen molar-refractivity contribution in [2.24, 2.45) is 0 Å². The fourth-order valence-corrected chi connectivity index (χ4v) is 7.87. The molecule has 0 aliphatic heterocycles. The number of hydrogen-bond acceptors (Lipinski definition) is 7. The van der Waals surface area contributed by atoms with E-state index in [1.807, 2.05) is 21.1 Å². The van der Waals surface area contributed by atoms with Crippen LogP contribution >= 0.6 is 7.82 Å². The first-order chi connectivity index (χ1) is 27.1. The SMILES string of the molecule is CCCCCCCCCCCCCCCCCCCCCCCCOCC(COP(=O)([O-])OCC[N+](C)(C)C)OC(=O)CCCCCCCCCCCCCC. The molecule has 0 radical (unpaired) electrons. The number of phosphoric ester groups is 1. The lowest BCUT2D eigenvalue weighted by Gasteiger charge is -2.28. The van der Waals surface area contributed by atoms with Crippen molar-refractivity contribution in [3.8, 4) is 0 Å². The third kappa shape index (κ3) is 44.6. The Kier molecular flexibility index (Phi) is 40.9. The van der Waals surface area contributed by atoms with Crippen LogP contribution in [-0.2, 0) is 27.9 Å². The first-order valence-corrected chi connectivity index (χ1v) is 25.7. The smallest absolute Gasteiger partial charge is 0.306 e. The Morgan fingerprint density at radius 2 is 0.821 bits per heavy atom. The normalized spacial score (nSPS) is 13.6. The average Bonchev–Trinajstić information content (AvgIpc) is 3.15. The second-order valence-corrected chi connectivity index (χ2v) is 19.3. The molecule has 0 aromatic carbocycles. The fraction of sp³-hybridized carbons (Fsp3) is 0.979. The highest BCUT2D eigenvalue weighted by Gasteiger charge is 2.20. The zero-order chi connectivity index (χ0) is 41.3. The number of carbonyl (C=O) groups excluding carboxylic acids is 1. The largest absolute Gasteiger partial charge is 0.756 e. The van der Waals surface area contributed by atoms with E-state index in [0.717, 1.165) is 32.1 Å². The fourth-order valence-electron chi connectivity index (χ4n) is 7.14. The van der Waals surface area contributed by atoms with Gasteiger partial charge in [-0.2, -0.15) is 0 Å². The standard InChI is InChI=1S/C47H96NO7P/c1-6-8-10-12-14-16-18-20-21-22-23-24-25-26-27-28-29-31-33-35-37-39-42-52-44-46(45-54-56(50,51)53-43-41-48(3,4)5)55-47(49)40-38-36-34-32-30-19-17-15-13-11-9-7-2/h46H,6-45H2,1-5H3. The predicted molar refractivity (Wildman–Crippen MR) is 236 cm³/mol. The maximum absolute atomic E-state index is 12.7. The summed E-state index contributed by atoms with van der Waals surface area (Å²) in [6.07, 6.45) is 44.1. The second-order valence-electron chi connectivity index (χ2n) is 17.8. The van der Waals surface area contributed by atoms with Crippen LogP contribution in [0.25, 0.3) is 0 Å². The van der Waals surface area contributed by atoms with Gasteiger partial charge < -0.3 is 27.9 Å². The Bertz CT molecular complexity index is 868. The van der Waals surface area contributed by atoms with E-state index in [4.69, 9.17) is 18.5 Å². The Morgan fingerprint density at radius 3 is 1.18 bits per heavy atom. The van der Waals surface area contributed by atoms with E-state index in [9.17, 15) is 14.3 Å². The highest BCUT2D eigenvalue weighted by Crippen LogP contribution is 2.38. The molecular formula is C47H96NO7P. The molecule has 56 heavy (non-hydrogen) atoms. The summed E-state index contributed by atoms with van der Waals surface area (Å²) in [6, 6.07) is 0. The molecule has 0 amide bonds. The molecule has 0 spiro atoms. The van der Waals surface area contributed by atoms with Crippen molar-refractivity contribution in [1.82, 2.24) is 0 Å². The van der Waals surface area contributed by atoms with Crippen LogP contribution in [-0.4, -0.2) is 70.7 Å². The zero-order valence-corrected chi connectivity index (χ0v) is 39.0. The Hall–Kier alpha value is -0.500. The van der Waals surface area contributed by atoms with Crippen molar-refractivity contribution in [2.45, 2.75) is 245 Å². The summed E-state index contributed by atoms with van der Waals surface area (Å²) in [5.41, 5.74) is 0. The molecular weight excluding hydrogens is 721 g/mol. The first-order valence-electron chi connectivity index (χ1n) is 24.3. The van der Waals surface area contributed by atoms with Gasteiger partial charge in [0.2, 0.25) is 0 Å². The molecule has 9 heteroatoms. The number of likely N-dealkylation sites (N-methyl/N-ethyl adjacent to an activating group) is 1. The summed E-state index contributed by atoms with van der Waals surface area (Å²) in [5.74, 6) is -0.328. The topological polar surface area (TPSA) is 94.1 Å². The molecule has 0 aromatic heterocycles. The minimum absolute atomic E-state index is 0.0314. The number of hydrogen-bond donors (Lipinski definition) is 0. The van der Waals surface area contributed by atoms with Gasteiger partial charge >= 0.3 is 5.97 Å². The lowest BCUT2D eigenvalue weighted by Crippen LogP contribution is -2.37. The van der Waals surface area contributed by atoms with Crippen LogP contribution in [0.2, 0.25) is 0 Å². The highest BCUT2D eigenvalue weighted by atomic mass is 31.2. The van der Waals surface area contributed by atoms with E-state index in [0.29, 0.717) is 24.1 Å². The van der Waals surface area contributed by atoms with Crippen molar-refractivity contribution in [1.29, 1.82) is 0 Å². The molecule has 0 N–H and O–H groups in total. The number of ether oxygens (including phenoxy) is 2. The molecule has 0 bridgehead atoms. The number of rotatable bonds is 46. The molecule has 0 fully saturated rings. The van der Waals surface area contributed by atoms with E-state index in [2.05, 4.69) is 13.8 Å². The van der Waals surface area contributed by atoms with Gasteiger partial charge in [-0.3, -0.25) is 9.36 Å². The van der Waals surface area contributed by atoms with Crippen LogP contribution in [0, 0.1) is 0 Å². The third-order valence-corrected chi connectivity index (χ3v) is 11.9. The predicted octanol–water partition coefficient (Wildman–Crippen LogP) is 13.8. The van der Waals surface area contributed by atoms with E-state index >= 15 is 0 Å². The van der Waals surface area contributed by atoms with E-state index < -0.39 is 13.9 Å². The summed E-state index contributed by atoms with van der Waals surface area (Å²) in [7, 11) is 1.38. The van der Waals surface area contributed by atoms with E-state index in [1.54, 1.807) is 0 Å². The van der Waals surface area contributed by atoms with Gasteiger partial charge in [-0.05, 0) is 12.8 Å². The lowest BCUT2D eigenvalue weighted by atomic mass is 10.0. The molecule has 2 atom stereocenters. The molecule has 0 rings (SSSR count). The lowest BCUT2D eigenvalue weighted by molar-refractivity contribution is -0.870. The van der Waals surface area contributed by atoms with Gasteiger partial charge in [0.25, 0.3) is 7.82 Å². The second kappa shape index (κ2) is 41.2. The van der Waals surface area contributed by atoms with Gasteiger partial charge in [-0.1, -0.05) is 219 Å². The summed E-state index contributed by atoms with van der Waals surface area (Å²) in [5, 5.41) is 0. The van der Waals surface area contributed by atoms with Gasteiger partial charge in [-0.15, -0.1) is 0 Å². The van der Waals surface area contributed by atoms with E-state index in [1.165, 1.54) is 186 Å². The quantitative estimate of drug-likeness (QED) is 0.0261. The number of quaternary nitrogens is 1. The van der Waals surface area contributed by atoms with Crippen molar-refractivity contribution in [3.63, 3.8) is 0 Å². The maximum Gasteiger partial charge on any atom is 0.306 e. The van der Waals surface area contributed by atoms with Crippen LogP contribution in [0.3, 0.4) is 0 Å². The minimum atomic E-state index is -4.52. The summed E-state index contributed by atoms with van der Waals surface area (Å²) >= 11 is 0. The van der Waals surface area contributed by atoms with Crippen LogP contribution in [0.15, 0.2) is 0 Å². The van der Waals surface area contributed by atoms with Crippen LogP contribution < -0.4 is 4.89 Å². The van der Waals surface area contributed by atoms with Gasteiger partial charge in [0.1, 0.15) is 19.3 Å². The highest BCUT2D eigenvalue weighted by molar-refractivity contribution is 7.45. The average molecular weight is 818 g/mol. The van der Waals surface area contributed by atoms with Gasteiger partial charge in [0, 0.05) is 13.0 Å². The van der Waals surface area contributed by atoms with Crippen LogP contribution in [0.5, 0.6) is 0 Å². The third-order valence-electron chi connectivity index (χ3n) is 10.9. The minimum Gasteiger partial charge on any atom is -0.756 e. The monoisotopic (exact) mass is 818 g/mol. The molecule has 0 aliphatic carbocycles. The van der Waals surface area contributed by atoms with Crippen LogP contribution in [0.4, 0.5) is 0 Å².